The highest BCUT2D eigenvalue weighted by atomic mass is 32.1. The Labute approximate surface area is 197 Å². The van der Waals surface area contributed by atoms with Crippen molar-refractivity contribution in [3.8, 4) is 0 Å². The number of aryl methyl sites for hydroxylation is 2. The molecule has 3 aromatic heterocycles. The summed E-state index contributed by atoms with van der Waals surface area (Å²) in [5.41, 5.74) is 2.79. The second kappa shape index (κ2) is 8.61. The third-order valence-corrected chi connectivity index (χ3v) is 7.52. The van der Waals surface area contributed by atoms with Crippen LogP contribution in [0.3, 0.4) is 0 Å². The number of hydrogen-bond acceptors (Lipinski definition) is 6. The monoisotopic (exact) mass is 488 g/mol. The lowest BCUT2D eigenvalue weighted by atomic mass is 9.98. The maximum atomic E-state index is 13.0. The van der Waals surface area contributed by atoms with Crippen LogP contribution in [0.1, 0.15) is 53.0 Å². The van der Waals surface area contributed by atoms with Crippen molar-refractivity contribution in [2.24, 2.45) is 0 Å². The van der Waals surface area contributed by atoms with Crippen molar-refractivity contribution < 1.29 is 18.0 Å². The fourth-order valence-corrected chi connectivity index (χ4v) is 5.64. The zero-order chi connectivity index (χ0) is 24.0. The Kier molecular flexibility index (Phi) is 5.75. The van der Waals surface area contributed by atoms with E-state index in [0.717, 1.165) is 38.1 Å². The van der Waals surface area contributed by atoms with Crippen LogP contribution < -0.4 is 0 Å². The summed E-state index contributed by atoms with van der Waals surface area (Å²) in [4.78, 5) is 27.4. The first-order chi connectivity index (χ1) is 16.2. The molecule has 1 aliphatic heterocycles. The highest BCUT2D eigenvalue weighted by Crippen LogP contribution is 2.33. The van der Waals surface area contributed by atoms with E-state index >= 15 is 0 Å². The summed E-state index contributed by atoms with van der Waals surface area (Å²) in [5, 5.41) is 4.64. The van der Waals surface area contributed by atoms with E-state index in [1.807, 2.05) is 23.1 Å². The third kappa shape index (κ3) is 4.24. The fourth-order valence-electron chi connectivity index (χ4n) is 4.55. The van der Waals surface area contributed by atoms with Gasteiger partial charge in [0, 0.05) is 36.8 Å². The molecule has 0 radical (unpaired) electrons. The number of hydrogen-bond donors (Lipinski definition) is 0. The first-order valence-corrected chi connectivity index (χ1v) is 12.0. The summed E-state index contributed by atoms with van der Waals surface area (Å²) >= 11 is 1.68. The molecule has 0 aliphatic carbocycles. The zero-order valence-corrected chi connectivity index (χ0v) is 19.6. The van der Waals surface area contributed by atoms with E-state index in [4.69, 9.17) is 4.98 Å². The number of carbonyl (C=O) groups excluding carboxylic acids is 1. The van der Waals surface area contributed by atoms with E-state index < -0.39 is 12.0 Å². The van der Waals surface area contributed by atoms with Gasteiger partial charge in [-0.05, 0) is 50.8 Å². The Morgan fingerprint density at radius 1 is 1.18 bits per heavy atom. The Hall–Kier alpha value is -3.08. The average Bonchev–Trinajstić information content (AvgIpc) is 3.43. The molecule has 1 aliphatic rings. The molecule has 1 amide bonds. The predicted octanol–water partition coefficient (Wildman–Crippen LogP) is 4.71. The number of likely N-dealkylation sites (tertiary alicyclic amines) is 1. The van der Waals surface area contributed by atoms with E-state index in [2.05, 4.69) is 21.1 Å². The van der Waals surface area contributed by atoms with Crippen molar-refractivity contribution >= 4 is 33.2 Å². The molecule has 1 atom stereocenters. The molecule has 1 fully saturated rings. The first kappa shape index (κ1) is 22.7. The highest BCUT2D eigenvalue weighted by Gasteiger charge is 2.37. The van der Waals surface area contributed by atoms with Crippen LogP contribution >= 0.6 is 11.3 Å². The van der Waals surface area contributed by atoms with Crippen molar-refractivity contribution in [3.05, 3.63) is 52.0 Å². The number of aromatic nitrogens is 5. The number of benzene rings is 1. The fraction of sp³-hybridized carbons (Fsp3) is 0.435. The molecule has 0 unspecified atom stereocenters. The average molecular weight is 489 g/mol. The van der Waals surface area contributed by atoms with Crippen molar-refractivity contribution in [2.75, 3.05) is 13.1 Å². The van der Waals surface area contributed by atoms with Crippen molar-refractivity contribution in [2.45, 2.75) is 51.6 Å². The summed E-state index contributed by atoms with van der Waals surface area (Å²) in [5.74, 6) is -1.07. The van der Waals surface area contributed by atoms with Gasteiger partial charge in [-0.2, -0.15) is 18.2 Å². The summed E-state index contributed by atoms with van der Waals surface area (Å²) < 4.78 is 41.3. The van der Waals surface area contributed by atoms with Gasteiger partial charge in [-0.15, -0.1) is 16.4 Å². The van der Waals surface area contributed by atoms with Crippen LogP contribution in [0.4, 0.5) is 13.2 Å². The number of piperidine rings is 1. The van der Waals surface area contributed by atoms with E-state index in [1.54, 1.807) is 25.2 Å². The molecular formula is C23H23F3N6OS. The molecule has 0 spiro atoms. The van der Waals surface area contributed by atoms with Gasteiger partial charge in [0.25, 0.3) is 11.6 Å². The Morgan fingerprint density at radius 2 is 1.97 bits per heavy atom. The molecule has 5 rings (SSSR count). The van der Waals surface area contributed by atoms with Crippen molar-refractivity contribution in [3.63, 3.8) is 0 Å². The molecule has 0 bridgehead atoms. The van der Waals surface area contributed by atoms with E-state index in [9.17, 15) is 18.0 Å². The molecule has 11 heteroatoms. The predicted molar refractivity (Wildman–Crippen MR) is 122 cm³/mol. The quantitative estimate of drug-likeness (QED) is 0.416. The van der Waals surface area contributed by atoms with Crippen LogP contribution in [-0.2, 0) is 17.4 Å². The van der Waals surface area contributed by atoms with Gasteiger partial charge in [0.05, 0.1) is 15.2 Å². The summed E-state index contributed by atoms with van der Waals surface area (Å²) in [6, 6.07) is 8.04. The second-order valence-electron chi connectivity index (χ2n) is 8.60. The van der Waals surface area contributed by atoms with Crippen molar-refractivity contribution in [1.29, 1.82) is 0 Å². The number of fused-ring (bicyclic) bond motifs is 2. The maximum absolute atomic E-state index is 13.0. The normalized spacial score (nSPS) is 17.1. The lowest BCUT2D eigenvalue weighted by Crippen LogP contribution is -2.39. The third-order valence-electron chi connectivity index (χ3n) is 6.33. The van der Waals surface area contributed by atoms with Gasteiger partial charge >= 0.3 is 6.18 Å². The smallest absolute Gasteiger partial charge is 0.342 e. The van der Waals surface area contributed by atoms with Gasteiger partial charge in [-0.25, -0.2) is 14.5 Å². The second-order valence-corrected chi connectivity index (χ2v) is 9.67. The molecule has 7 nitrogen and oxygen atoms in total. The number of nitrogens with zero attached hydrogens (tertiary/aromatic N) is 6. The van der Waals surface area contributed by atoms with Gasteiger partial charge in [0.1, 0.15) is 0 Å². The van der Waals surface area contributed by atoms with E-state index in [-0.39, 0.29) is 24.0 Å². The highest BCUT2D eigenvalue weighted by molar-refractivity contribution is 7.18. The number of rotatable bonds is 4. The van der Waals surface area contributed by atoms with Gasteiger partial charge < -0.3 is 4.90 Å². The van der Waals surface area contributed by atoms with Crippen LogP contribution in [0.25, 0.3) is 16.0 Å². The molecule has 0 N–H and O–H groups in total. The molecule has 4 heterocycles. The molecule has 0 saturated carbocycles. The summed E-state index contributed by atoms with van der Waals surface area (Å²) in [6.45, 7) is 4.73. The standard InChI is InChI=1S/C23H23F3N6OS/c1-13-16(14(2)32-22(27-13)29-21(30-32)23(24,25)26)9-10-19(33)31-11-5-6-15(12-31)20-28-17-7-3-4-8-18(17)34-20/h3-4,7-8,15H,5-6,9-12H2,1-2H3/t15-/m1/s1. The van der Waals surface area contributed by atoms with Crippen LogP contribution in [0.15, 0.2) is 24.3 Å². The molecule has 178 valence electrons. The molecule has 34 heavy (non-hydrogen) atoms. The van der Waals surface area contributed by atoms with Crippen molar-refractivity contribution in [1.82, 2.24) is 29.5 Å². The molecule has 1 aromatic carbocycles. The van der Waals surface area contributed by atoms with Crippen LogP contribution in [0.5, 0.6) is 0 Å². The first-order valence-electron chi connectivity index (χ1n) is 11.1. The lowest BCUT2D eigenvalue weighted by Gasteiger charge is -2.32. The number of halogens is 3. The largest absolute Gasteiger partial charge is 0.453 e. The van der Waals surface area contributed by atoms with Crippen LogP contribution in [0, 0.1) is 13.8 Å². The number of amides is 1. The molecule has 4 aromatic rings. The minimum atomic E-state index is -4.64. The zero-order valence-electron chi connectivity index (χ0n) is 18.8. The number of alkyl halides is 3. The molecule has 1 saturated heterocycles. The minimum Gasteiger partial charge on any atom is -0.342 e. The maximum Gasteiger partial charge on any atom is 0.453 e. The number of para-hydroxylation sites is 1. The number of thiazole rings is 1. The van der Waals surface area contributed by atoms with Gasteiger partial charge in [0.15, 0.2) is 0 Å². The Balaban J connectivity index is 1.29. The molecular weight excluding hydrogens is 465 g/mol. The summed E-state index contributed by atoms with van der Waals surface area (Å²) in [6.07, 6.45) is -2.10. The van der Waals surface area contributed by atoms with E-state index in [1.165, 1.54) is 0 Å². The summed E-state index contributed by atoms with van der Waals surface area (Å²) in [7, 11) is 0. The minimum absolute atomic E-state index is 0.0271. The van der Waals surface area contributed by atoms with Gasteiger partial charge in [-0.1, -0.05) is 12.1 Å². The number of carbonyl (C=O) groups is 1. The van der Waals surface area contributed by atoms with Gasteiger partial charge in [0.2, 0.25) is 5.91 Å². The van der Waals surface area contributed by atoms with Crippen LogP contribution in [0.2, 0.25) is 0 Å². The topological polar surface area (TPSA) is 76.3 Å². The van der Waals surface area contributed by atoms with Gasteiger partial charge in [-0.3, -0.25) is 4.79 Å². The Morgan fingerprint density at radius 3 is 2.74 bits per heavy atom. The van der Waals surface area contributed by atoms with Crippen LogP contribution in [-0.4, -0.2) is 48.5 Å². The SMILES string of the molecule is Cc1nc2nc(C(F)(F)F)nn2c(C)c1CCC(=O)N1CCC[C@@H](c2nc3ccccc3s2)C1. The van der Waals surface area contributed by atoms with E-state index in [0.29, 0.717) is 30.9 Å². The Bertz CT molecular complexity index is 1350. The lowest BCUT2D eigenvalue weighted by molar-refractivity contribution is -0.144.